The van der Waals surface area contributed by atoms with E-state index in [1.165, 1.54) is 11.3 Å². The minimum absolute atomic E-state index is 0.0723. The molecule has 182 valence electrons. The average Bonchev–Trinajstić information content (AvgIpc) is 3.39. The lowest BCUT2D eigenvalue weighted by atomic mass is 10.2. The molecule has 2 amide bonds. The third kappa shape index (κ3) is 6.58. The van der Waals surface area contributed by atoms with Crippen molar-refractivity contribution < 1.29 is 14.3 Å². The molecule has 2 aromatic carbocycles. The lowest BCUT2D eigenvalue weighted by Crippen LogP contribution is -2.48. The van der Waals surface area contributed by atoms with Gasteiger partial charge in [-0.1, -0.05) is 6.07 Å². The Morgan fingerprint density at radius 2 is 1.66 bits per heavy atom. The molecule has 1 fully saturated rings. The van der Waals surface area contributed by atoms with Gasteiger partial charge in [0.05, 0.1) is 11.0 Å². The first-order valence-corrected chi connectivity index (χ1v) is 12.7. The number of rotatable bonds is 6. The SMILES string of the molecule is CC(C)Oc1ccc(C(=O)NC(=S)Nc2ccc(N3CCN(C(=O)c4cccs4)CC3)cc2)cc1. The van der Waals surface area contributed by atoms with E-state index in [-0.39, 0.29) is 23.0 Å². The van der Waals surface area contributed by atoms with E-state index in [1.54, 1.807) is 24.3 Å². The van der Waals surface area contributed by atoms with Crippen LogP contribution in [0.5, 0.6) is 5.75 Å². The molecule has 2 heterocycles. The van der Waals surface area contributed by atoms with Gasteiger partial charge >= 0.3 is 0 Å². The van der Waals surface area contributed by atoms with Crippen molar-refractivity contribution in [3.8, 4) is 5.75 Å². The van der Waals surface area contributed by atoms with Gasteiger partial charge in [-0.25, -0.2) is 0 Å². The predicted octanol–water partition coefficient (Wildman–Crippen LogP) is 4.62. The summed E-state index contributed by atoms with van der Waals surface area (Å²) in [6, 6.07) is 18.6. The molecule has 4 rings (SSSR count). The van der Waals surface area contributed by atoms with E-state index >= 15 is 0 Å². The van der Waals surface area contributed by atoms with Crippen LogP contribution in [-0.4, -0.2) is 54.1 Å². The molecule has 1 aromatic heterocycles. The summed E-state index contributed by atoms with van der Waals surface area (Å²) in [7, 11) is 0. The molecule has 7 nitrogen and oxygen atoms in total. The Labute approximate surface area is 214 Å². The fraction of sp³-hybridized carbons (Fsp3) is 0.269. The summed E-state index contributed by atoms with van der Waals surface area (Å²) in [4.78, 5) is 30.0. The van der Waals surface area contributed by atoms with Crippen molar-refractivity contribution in [1.29, 1.82) is 0 Å². The molecule has 1 aliphatic rings. The Bertz CT molecular complexity index is 1150. The molecule has 9 heteroatoms. The van der Waals surface area contributed by atoms with Crippen LogP contribution in [0.25, 0.3) is 0 Å². The van der Waals surface area contributed by atoms with E-state index in [0.29, 0.717) is 24.4 Å². The first-order chi connectivity index (χ1) is 16.9. The molecule has 1 aliphatic heterocycles. The summed E-state index contributed by atoms with van der Waals surface area (Å²) >= 11 is 6.79. The maximum absolute atomic E-state index is 12.5. The molecule has 0 aliphatic carbocycles. The zero-order chi connectivity index (χ0) is 24.8. The zero-order valence-electron chi connectivity index (χ0n) is 19.7. The van der Waals surface area contributed by atoms with Gasteiger partial charge in [-0.3, -0.25) is 14.9 Å². The number of benzene rings is 2. The van der Waals surface area contributed by atoms with E-state index in [1.807, 2.05) is 60.5 Å². The van der Waals surface area contributed by atoms with Crippen LogP contribution in [0.2, 0.25) is 0 Å². The highest BCUT2D eigenvalue weighted by Gasteiger charge is 2.22. The lowest BCUT2D eigenvalue weighted by Gasteiger charge is -2.36. The Morgan fingerprint density at radius 3 is 2.26 bits per heavy atom. The highest BCUT2D eigenvalue weighted by molar-refractivity contribution is 7.80. The number of hydrogen-bond donors (Lipinski definition) is 2. The van der Waals surface area contributed by atoms with Crippen molar-refractivity contribution in [2.75, 3.05) is 36.4 Å². The Morgan fingerprint density at radius 1 is 0.971 bits per heavy atom. The number of thiophene rings is 1. The molecule has 0 atom stereocenters. The Hall–Kier alpha value is -3.43. The highest BCUT2D eigenvalue weighted by atomic mass is 32.1. The van der Waals surface area contributed by atoms with Crippen LogP contribution < -0.4 is 20.3 Å². The van der Waals surface area contributed by atoms with E-state index in [0.717, 1.165) is 29.3 Å². The number of nitrogens with one attached hydrogen (secondary N) is 2. The number of carbonyl (C=O) groups excluding carboxylic acids is 2. The molecule has 35 heavy (non-hydrogen) atoms. The van der Waals surface area contributed by atoms with Crippen molar-refractivity contribution in [1.82, 2.24) is 10.2 Å². The highest BCUT2D eigenvalue weighted by Crippen LogP contribution is 2.21. The summed E-state index contributed by atoms with van der Waals surface area (Å²) in [6.07, 6.45) is 0.0723. The third-order valence-electron chi connectivity index (χ3n) is 5.50. The monoisotopic (exact) mass is 508 g/mol. The normalized spacial score (nSPS) is 13.5. The van der Waals surface area contributed by atoms with E-state index in [2.05, 4.69) is 15.5 Å². The van der Waals surface area contributed by atoms with Crippen molar-refractivity contribution in [2.24, 2.45) is 0 Å². The number of carbonyl (C=O) groups is 2. The molecular formula is C26H28N4O3S2. The maximum Gasteiger partial charge on any atom is 0.264 e. The van der Waals surface area contributed by atoms with Gasteiger partial charge < -0.3 is 19.9 Å². The molecule has 2 N–H and O–H groups in total. The van der Waals surface area contributed by atoms with Crippen molar-refractivity contribution in [3.63, 3.8) is 0 Å². The van der Waals surface area contributed by atoms with Gasteiger partial charge in [0.2, 0.25) is 0 Å². The standard InChI is InChI=1S/C26H28N4O3S2/c1-18(2)33-22-11-5-19(6-12-22)24(31)28-26(34)27-20-7-9-21(10-8-20)29-13-15-30(16-14-29)25(32)23-4-3-17-35-23/h3-12,17-18H,13-16H2,1-2H3,(H2,27,28,31,34). The minimum Gasteiger partial charge on any atom is -0.491 e. The molecule has 0 unspecified atom stereocenters. The van der Waals surface area contributed by atoms with Crippen molar-refractivity contribution in [3.05, 3.63) is 76.5 Å². The number of ether oxygens (including phenoxy) is 1. The Kier molecular flexibility index (Phi) is 7.99. The quantitative estimate of drug-likeness (QED) is 0.473. The molecule has 0 saturated carbocycles. The second-order valence-corrected chi connectivity index (χ2v) is 9.76. The second kappa shape index (κ2) is 11.3. The second-order valence-electron chi connectivity index (χ2n) is 8.40. The summed E-state index contributed by atoms with van der Waals surface area (Å²) < 4.78 is 5.60. The van der Waals surface area contributed by atoms with Gasteiger partial charge in [0.15, 0.2) is 5.11 Å². The average molecular weight is 509 g/mol. The molecule has 1 saturated heterocycles. The lowest BCUT2D eigenvalue weighted by molar-refractivity contribution is 0.0751. The number of hydrogen-bond acceptors (Lipinski definition) is 6. The summed E-state index contributed by atoms with van der Waals surface area (Å²) in [5, 5.41) is 7.91. The molecular weight excluding hydrogens is 480 g/mol. The van der Waals surface area contributed by atoms with Crippen LogP contribution in [-0.2, 0) is 0 Å². The zero-order valence-corrected chi connectivity index (χ0v) is 21.3. The van der Waals surface area contributed by atoms with Crippen LogP contribution in [0, 0.1) is 0 Å². The first-order valence-electron chi connectivity index (χ1n) is 11.5. The fourth-order valence-corrected chi connectivity index (χ4v) is 4.68. The number of thiocarbonyl (C=S) groups is 1. The molecule has 0 bridgehead atoms. The first kappa shape index (κ1) is 24.7. The van der Waals surface area contributed by atoms with Crippen molar-refractivity contribution in [2.45, 2.75) is 20.0 Å². The molecule has 0 radical (unpaired) electrons. The van der Waals surface area contributed by atoms with E-state index in [9.17, 15) is 9.59 Å². The van der Waals surface area contributed by atoms with Gasteiger partial charge in [0.25, 0.3) is 11.8 Å². The summed E-state index contributed by atoms with van der Waals surface area (Å²) in [6.45, 7) is 6.84. The predicted molar refractivity (Wildman–Crippen MR) is 145 cm³/mol. The summed E-state index contributed by atoms with van der Waals surface area (Å²) in [5.74, 6) is 0.535. The van der Waals surface area contributed by atoms with Gasteiger partial charge in [-0.2, -0.15) is 0 Å². The van der Waals surface area contributed by atoms with Crippen LogP contribution in [0.4, 0.5) is 11.4 Å². The largest absolute Gasteiger partial charge is 0.491 e. The van der Waals surface area contributed by atoms with Crippen molar-refractivity contribution >= 4 is 51.9 Å². The van der Waals surface area contributed by atoms with Gasteiger partial charge in [0.1, 0.15) is 5.75 Å². The Balaban J connectivity index is 1.25. The van der Waals surface area contributed by atoms with E-state index < -0.39 is 0 Å². The van der Waals surface area contributed by atoms with E-state index in [4.69, 9.17) is 17.0 Å². The topological polar surface area (TPSA) is 73.9 Å². The summed E-state index contributed by atoms with van der Waals surface area (Å²) in [5.41, 5.74) is 2.36. The van der Waals surface area contributed by atoms with Crippen LogP contribution in [0.1, 0.15) is 33.9 Å². The van der Waals surface area contributed by atoms with Gasteiger partial charge in [-0.05, 0) is 86.0 Å². The fourth-order valence-electron chi connectivity index (χ4n) is 3.77. The maximum atomic E-state index is 12.5. The van der Waals surface area contributed by atoms with Gasteiger partial charge in [0, 0.05) is 43.1 Å². The number of nitrogens with zero attached hydrogens (tertiary/aromatic N) is 2. The minimum atomic E-state index is -0.287. The third-order valence-corrected chi connectivity index (χ3v) is 6.57. The van der Waals surface area contributed by atoms with Crippen LogP contribution in [0.15, 0.2) is 66.0 Å². The number of amides is 2. The number of anilines is 2. The smallest absolute Gasteiger partial charge is 0.264 e. The van der Waals surface area contributed by atoms with Crippen LogP contribution >= 0.6 is 23.6 Å². The molecule has 0 spiro atoms. The van der Waals surface area contributed by atoms with Crippen LogP contribution in [0.3, 0.4) is 0 Å². The number of piperazine rings is 1. The van der Waals surface area contributed by atoms with Gasteiger partial charge in [-0.15, -0.1) is 11.3 Å². The molecule has 3 aromatic rings.